The summed E-state index contributed by atoms with van der Waals surface area (Å²) in [6, 6.07) is 7.58. The largest absolute Gasteiger partial charge is 0.321 e. The first kappa shape index (κ1) is 13.9. The van der Waals surface area contributed by atoms with Crippen LogP contribution in [-0.2, 0) is 13.0 Å². The summed E-state index contributed by atoms with van der Waals surface area (Å²) >= 11 is 0. The molecule has 1 aromatic heterocycles. The third-order valence-electron chi connectivity index (χ3n) is 3.12. The number of hydrogen-bond donors (Lipinski definition) is 0. The zero-order valence-corrected chi connectivity index (χ0v) is 11.6. The summed E-state index contributed by atoms with van der Waals surface area (Å²) in [5.74, 6) is 5.49. The normalized spacial score (nSPS) is 9.90. The summed E-state index contributed by atoms with van der Waals surface area (Å²) in [5, 5.41) is 0. The van der Waals surface area contributed by atoms with E-state index in [1.165, 1.54) is 9.13 Å². The van der Waals surface area contributed by atoms with Crippen LogP contribution in [0.25, 0.3) is 5.69 Å². The number of benzene rings is 1. The molecule has 1 heterocycles. The highest BCUT2D eigenvalue weighted by Crippen LogP contribution is 2.12. The molecule has 0 amide bonds. The van der Waals surface area contributed by atoms with E-state index in [1.54, 1.807) is 19.3 Å². The third kappa shape index (κ3) is 2.57. The first-order valence-electron chi connectivity index (χ1n) is 6.49. The summed E-state index contributed by atoms with van der Waals surface area (Å²) in [4.78, 5) is 24.2. The van der Waals surface area contributed by atoms with Crippen LogP contribution >= 0.6 is 0 Å². The van der Waals surface area contributed by atoms with Gasteiger partial charge in [0.05, 0.1) is 12.2 Å². The van der Waals surface area contributed by atoms with E-state index in [0.29, 0.717) is 0 Å². The van der Waals surface area contributed by atoms with Crippen LogP contribution in [0.2, 0.25) is 0 Å². The highest BCUT2D eigenvalue weighted by Gasteiger charge is 2.08. The van der Waals surface area contributed by atoms with Gasteiger partial charge in [-0.25, -0.2) is 0 Å². The number of hydrogen-bond acceptors (Lipinski definition) is 2. The van der Waals surface area contributed by atoms with Crippen LogP contribution in [0, 0.1) is 11.8 Å². The van der Waals surface area contributed by atoms with Crippen molar-refractivity contribution in [2.24, 2.45) is 0 Å². The van der Waals surface area contributed by atoms with Crippen LogP contribution in [0.1, 0.15) is 19.4 Å². The summed E-state index contributed by atoms with van der Waals surface area (Å²) in [6.07, 6.45) is 4.02. The van der Waals surface area contributed by atoms with Crippen molar-refractivity contribution < 1.29 is 0 Å². The third-order valence-corrected chi connectivity index (χ3v) is 3.12. The average Bonchev–Trinajstić information content (AvgIpc) is 2.49. The van der Waals surface area contributed by atoms with Crippen LogP contribution in [0.15, 0.2) is 46.2 Å². The monoisotopic (exact) mass is 268 g/mol. The van der Waals surface area contributed by atoms with E-state index in [0.717, 1.165) is 17.7 Å². The highest BCUT2D eigenvalue weighted by molar-refractivity contribution is 5.40. The number of rotatable bonds is 3. The molecule has 2 aromatic rings. The molecule has 2 rings (SSSR count). The van der Waals surface area contributed by atoms with Crippen LogP contribution < -0.4 is 11.1 Å². The van der Waals surface area contributed by atoms with Gasteiger partial charge in [0.25, 0.3) is 0 Å². The highest BCUT2D eigenvalue weighted by atomic mass is 16.2. The second-order valence-corrected chi connectivity index (χ2v) is 4.32. The van der Waals surface area contributed by atoms with Crippen molar-refractivity contribution in [1.29, 1.82) is 0 Å². The lowest BCUT2D eigenvalue weighted by Crippen LogP contribution is -2.40. The molecule has 4 nitrogen and oxygen atoms in total. The van der Waals surface area contributed by atoms with Crippen LogP contribution in [0.3, 0.4) is 0 Å². The Morgan fingerprint density at radius 1 is 1.10 bits per heavy atom. The molecular weight excluding hydrogens is 252 g/mol. The van der Waals surface area contributed by atoms with Gasteiger partial charge in [-0.05, 0) is 25.0 Å². The Kier molecular flexibility index (Phi) is 4.21. The summed E-state index contributed by atoms with van der Waals surface area (Å²) in [5.41, 5.74) is 0.679. The molecule has 0 aliphatic heterocycles. The number of nitrogens with zero attached hydrogens (tertiary/aromatic N) is 2. The van der Waals surface area contributed by atoms with Gasteiger partial charge in [-0.1, -0.05) is 31.0 Å². The van der Waals surface area contributed by atoms with Gasteiger partial charge in [-0.3, -0.25) is 18.7 Å². The lowest BCUT2D eigenvalue weighted by Gasteiger charge is -2.11. The maximum absolute atomic E-state index is 12.2. The average molecular weight is 268 g/mol. The molecule has 0 saturated heterocycles. The summed E-state index contributed by atoms with van der Waals surface area (Å²) in [6.45, 7) is 3.95. The molecule has 0 bridgehead atoms. The van der Waals surface area contributed by atoms with Gasteiger partial charge >= 0.3 is 11.1 Å². The molecule has 0 N–H and O–H groups in total. The van der Waals surface area contributed by atoms with E-state index >= 15 is 0 Å². The van der Waals surface area contributed by atoms with Crippen molar-refractivity contribution in [2.45, 2.75) is 26.8 Å². The van der Waals surface area contributed by atoms with E-state index in [-0.39, 0.29) is 6.54 Å². The van der Waals surface area contributed by atoms with E-state index in [4.69, 9.17) is 0 Å². The minimum Gasteiger partial charge on any atom is -0.298 e. The fourth-order valence-electron chi connectivity index (χ4n) is 2.03. The van der Waals surface area contributed by atoms with Crippen LogP contribution in [0.4, 0.5) is 0 Å². The molecule has 0 atom stereocenters. The topological polar surface area (TPSA) is 44.0 Å². The first-order valence-corrected chi connectivity index (χ1v) is 6.49. The Balaban J connectivity index is 2.59. The molecule has 1 aromatic carbocycles. The van der Waals surface area contributed by atoms with Crippen molar-refractivity contribution >= 4 is 0 Å². The van der Waals surface area contributed by atoms with Gasteiger partial charge in [0.2, 0.25) is 0 Å². The van der Waals surface area contributed by atoms with Gasteiger partial charge in [0, 0.05) is 12.4 Å². The molecule has 102 valence electrons. The van der Waals surface area contributed by atoms with Crippen molar-refractivity contribution in [1.82, 2.24) is 9.13 Å². The molecule has 4 heteroatoms. The molecule has 0 spiro atoms. The van der Waals surface area contributed by atoms with E-state index in [2.05, 4.69) is 11.8 Å². The Bertz CT molecular complexity index is 788. The minimum atomic E-state index is -0.554. The second kappa shape index (κ2) is 6.07. The molecule has 20 heavy (non-hydrogen) atoms. The fraction of sp³-hybridized carbons (Fsp3) is 0.250. The first-order chi connectivity index (χ1) is 9.69. The predicted octanol–water partition coefficient (Wildman–Crippen LogP) is 1.58. The Hall–Kier alpha value is -2.54. The molecule has 0 aliphatic rings. The Morgan fingerprint density at radius 2 is 1.85 bits per heavy atom. The minimum absolute atomic E-state index is 0.237. The van der Waals surface area contributed by atoms with Gasteiger partial charge in [-0.2, -0.15) is 0 Å². The van der Waals surface area contributed by atoms with Crippen molar-refractivity contribution in [3.63, 3.8) is 0 Å². The van der Waals surface area contributed by atoms with Gasteiger partial charge in [0.1, 0.15) is 0 Å². The lowest BCUT2D eigenvalue weighted by molar-refractivity contribution is 0.742. The maximum atomic E-state index is 12.2. The number of aryl methyl sites for hydroxylation is 1. The lowest BCUT2D eigenvalue weighted by atomic mass is 10.1. The Labute approximate surface area is 117 Å². The van der Waals surface area contributed by atoms with E-state index < -0.39 is 11.1 Å². The van der Waals surface area contributed by atoms with Crippen molar-refractivity contribution in [3.05, 3.63) is 62.9 Å². The SMILES string of the molecule is CC#CCn1ccn(-c2ccccc2CC)c(=O)c1=O. The molecular formula is C16H16N2O2. The molecule has 0 radical (unpaired) electrons. The molecule has 0 fully saturated rings. The summed E-state index contributed by atoms with van der Waals surface area (Å²) in [7, 11) is 0. The Morgan fingerprint density at radius 3 is 2.55 bits per heavy atom. The van der Waals surface area contributed by atoms with Crippen molar-refractivity contribution in [3.8, 4) is 17.5 Å². The maximum Gasteiger partial charge on any atom is 0.321 e. The second-order valence-electron chi connectivity index (χ2n) is 4.32. The van der Waals surface area contributed by atoms with Crippen LogP contribution in [-0.4, -0.2) is 9.13 Å². The quantitative estimate of drug-likeness (QED) is 0.626. The van der Waals surface area contributed by atoms with Crippen molar-refractivity contribution in [2.75, 3.05) is 0 Å². The van der Waals surface area contributed by atoms with E-state index in [1.807, 2.05) is 31.2 Å². The summed E-state index contributed by atoms with van der Waals surface area (Å²) < 4.78 is 2.72. The standard InChI is InChI=1S/C16H16N2O2/c1-3-5-10-17-11-12-18(16(20)15(17)19)14-9-7-6-8-13(14)4-2/h6-9,11-12H,4,10H2,1-2H3. The van der Waals surface area contributed by atoms with Gasteiger partial charge in [-0.15, -0.1) is 5.92 Å². The smallest absolute Gasteiger partial charge is 0.298 e. The van der Waals surface area contributed by atoms with Gasteiger partial charge in [0.15, 0.2) is 0 Å². The van der Waals surface area contributed by atoms with Crippen LogP contribution in [0.5, 0.6) is 0 Å². The fourth-order valence-corrected chi connectivity index (χ4v) is 2.03. The molecule has 0 aliphatic carbocycles. The zero-order chi connectivity index (χ0) is 14.5. The van der Waals surface area contributed by atoms with Gasteiger partial charge < -0.3 is 0 Å². The predicted molar refractivity (Wildman–Crippen MR) is 79.1 cm³/mol. The van der Waals surface area contributed by atoms with E-state index in [9.17, 15) is 9.59 Å². The molecule has 0 saturated carbocycles. The molecule has 0 unspecified atom stereocenters. The number of para-hydroxylation sites is 1. The number of aromatic nitrogens is 2. The zero-order valence-electron chi connectivity index (χ0n) is 11.6.